The molecule has 1 aromatic heterocycles. The lowest BCUT2D eigenvalue weighted by molar-refractivity contribution is -0.385. The Balaban J connectivity index is 1.44. The van der Waals surface area contributed by atoms with E-state index in [0.717, 1.165) is 5.56 Å². The van der Waals surface area contributed by atoms with E-state index in [0.29, 0.717) is 22.8 Å². The molecule has 0 saturated carbocycles. The first-order chi connectivity index (χ1) is 17.7. The van der Waals surface area contributed by atoms with Crippen LogP contribution >= 0.6 is 0 Å². The molecule has 4 aromatic rings. The molecule has 188 valence electrons. The number of ether oxygens (including phenoxy) is 2. The van der Waals surface area contributed by atoms with E-state index in [2.05, 4.69) is 5.32 Å². The van der Waals surface area contributed by atoms with E-state index in [4.69, 9.17) is 13.9 Å². The van der Waals surface area contributed by atoms with Crippen molar-refractivity contribution in [3.05, 3.63) is 116 Å². The molecule has 0 aliphatic heterocycles. The van der Waals surface area contributed by atoms with Gasteiger partial charge in [-0.2, -0.15) is 0 Å². The molecule has 0 aliphatic carbocycles. The number of nitrogens with zero attached hydrogens (tertiary/aromatic N) is 2. The van der Waals surface area contributed by atoms with Crippen LogP contribution in [0.4, 0.5) is 17.1 Å². The second-order valence-corrected chi connectivity index (χ2v) is 8.11. The first-order valence-corrected chi connectivity index (χ1v) is 11.0. The fraction of sp³-hybridized carbons (Fsp3) is 0.115. The van der Waals surface area contributed by atoms with Gasteiger partial charge in [-0.15, -0.1) is 0 Å². The van der Waals surface area contributed by atoms with Crippen molar-refractivity contribution in [3.8, 4) is 17.2 Å². The van der Waals surface area contributed by atoms with E-state index < -0.39 is 15.8 Å². The van der Waals surface area contributed by atoms with Crippen molar-refractivity contribution in [2.75, 3.05) is 5.32 Å². The molecule has 0 unspecified atom stereocenters. The highest BCUT2D eigenvalue weighted by Crippen LogP contribution is 2.30. The summed E-state index contributed by atoms with van der Waals surface area (Å²) in [5.41, 5.74) is 1.28. The third-order valence-corrected chi connectivity index (χ3v) is 5.22. The molecule has 0 atom stereocenters. The third-order valence-electron chi connectivity index (χ3n) is 5.22. The van der Waals surface area contributed by atoms with Crippen LogP contribution in [0.15, 0.2) is 77.2 Å². The van der Waals surface area contributed by atoms with Gasteiger partial charge in [0.05, 0.1) is 21.6 Å². The minimum absolute atomic E-state index is 0.0158. The molecule has 11 nitrogen and oxygen atoms in total. The number of furan rings is 1. The summed E-state index contributed by atoms with van der Waals surface area (Å²) < 4.78 is 16.9. The number of benzene rings is 3. The Bertz CT molecular complexity index is 1490. The zero-order valence-electron chi connectivity index (χ0n) is 19.8. The molecule has 0 bridgehead atoms. The lowest BCUT2D eigenvalue weighted by Crippen LogP contribution is -2.11. The Morgan fingerprint density at radius 2 is 1.70 bits per heavy atom. The van der Waals surface area contributed by atoms with Crippen LogP contribution in [-0.4, -0.2) is 15.8 Å². The van der Waals surface area contributed by atoms with Crippen molar-refractivity contribution in [2.45, 2.75) is 20.5 Å². The van der Waals surface area contributed by atoms with Gasteiger partial charge in [0.25, 0.3) is 17.3 Å². The van der Waals surface area contributed by atoms with Crippen molar-refractivity contribution < 1.29 is 28.5 Å². The fourth-order valence-corrected chi connectivity index (χ4v) is 3.48. The van der Waals surface area contributed by atoms with Gasteiger partial charge in [0.2, 0.25) is 0 Å². The summed E-state index contributed by atoms with van der Waals surface area (Å²) in [6.45, 7) is 3.48. The Morgan fingerprint density at radius 1 is 0.892 bits per heavy atom. The zero-order valence-corrected chi connectivity index (χ0v) is 19.8. The first-order valence-electron chi connectivity index (χ1n) is 11.0. The highest BCUT2D eigenvalue weighted by molar-refractivity contribution is 6.02. The van der Waals surface area contributed by atoms with Crippen LogP contribution in [-0.2, 0) is 6.61 Å². The van der Waals surface area contributed by atoms with Gasteiger partial charge in [0.15, 0.2) is 5.76 Å². The minimum atomic E-state index is -0.626. The molecule has 1 N–H and O–H groups in total. The zero-order chi connectivity index (χ0) is 26.5. The largest absolute Gasteiger partial charge is 0.486 e. The fourth-order valence-electron chi connectivity index (χ4n) is 3.48. The second-order valence-electron chi connectivity index (χ2n) is 8.11. The van der Waals surface area contributed by atoms with E-state index in [1.165, 1.54) is 42.5 Å². The van der Waals surface area contributed by atoms with E-state index >= 15 is 0 Å². The number of carbonyl (C=O) groups is 1. The molecular weight excluding hydrogens is 482 g/mol. The van der Waals surface area contributed by atoms with E-state index in [1.807, 2.05) is 13.0 Å². The molecule has 0 saturated heterocycles. The van der Waals surface area contributed by atoms with Crippen LogP contribution in [0.5, 0.6) is 17.2 Å². The minimum Gasteiger partial charge on any atom is -0.486 e. The number of carbonyl (C=O) groups excluding carboxylic acids is 1. The molecule has 0 radical (unpaired) electrons. The van der Waals surface area contributed by atoms with Crippen LogP contribution in [0.1, 0.15) is 27.4 Å². The van der Waals surface area contributed by atoms with Gasteiger partial charge in [-0.3, -0.25) is 25.0 Å². The maximum Gasteiger partial charge on any atom is 0.291 e. The lowest BCUT2D eigenvalue weighted by Gasteiger charge is -2.09. The summed E-state index contributed by atoms with van der Waals surface area (Å²) in [6.07, 6.45) is 0. The maximum absolute atomic E-state index is 12.7. The molecule has 37 heavy (non-hydrogen) atoms. The molecule has 1 amide bonds. The average molecular weight is 503 g/mol. The number of aryl methyl sites for hydroxylation is 2. The normalized spacial score (nSPS) is 10.5. The highest BCUT2D eigenvalue weighted by Gasteiger charge is 2.17. The SMILES string of the molecule is Cc1cccc(Oc2cc(NC(=O)c3ccc(COc4ccc([N+](=O)[O-])c(C)c4)o3)cc([N+](=O)[O-])c2)c1. The number of anilines is 1. The molecular formula is C26H21N3O8. The molecule has 4 rings (SSSR count). The number of nitro groups is 2. The summed E-state index contributed by atoms with van der Waals surface area (Å²) in [7, 11) is 0. The van der Waals surface area contributed by atoms with Gasteiger partial charge in [0, 0.05) is 23.8 Å². The molecule has 0 fully saturated rings. The average Bonchev–Trinajstić information content (AvgIpc) is 3.32. The highest BCUT2D eigenvalue weighted by atomic mass is 16.6. The number of nitrogens with one attached hydrogen (secondary N) is 1. The van der Waals surface area contributed by atoms with Gasteiger partial charge in [-0.1, -0.05) is 12.1 Å². The van der Waals surface area contributed by atoms with Gasteiger partial charge in [-0.25, -0.2) is 0 Å². The Labute approximate surface area is 210 Å². The first kappa shape index (κ1) is 24.9. The third kappa shape index (κ3) is 6.28. The number of hydrogen-bond acceptors (Lipinski definition) is 8. The Morgan fingerprint density at radius 3 is 2.41 bits per heavy atom. The van der Waals surface area contributed by atoms with Gasteiger partial charge < -0.3 is 19.2 Å². The van der Waals surface area contributed by atoms with Crippen molar-refractivity contribution in [1.29, 1.82) is 0 Å². The van der Waals surface area contributed by atoms with E-state index in [-0.39, 0.29) is 35.2 Å². The van der Waals surface area contributed by atoms with Crippen LogP contribution in [0.2, 0.25) is 0 Å². The van der Waals surface area contributed by atoms with Gasteiger partial charge in [0.1, 0.15) is 29.6 Å². The number of hydrogen-bond donors (Lipinski definition) is 1. The Hall–Kier alpha value is -5.19. The molecule has 1 heterocycles. The molecule has 11 heteroatoms. The second kappa shape index (κ2) is 10.6. The molecule has 0 spiro atoms. The standard InChI is InChI=1S/C26H21N3O8/c1-16-4-3-5-21(10-16)36-23-13-18(12-19(14-23)28(31)32)27-26(30)25-9-7-22(37-25)15-35-20-6-8-24(29(33)34)17(2)11-20/h3-14H,15H2,1-2H3,(H,27,30). The number of nitro benzene ring substituents is 2. The predicted molar refractivity (Wildman–Crippen MR) is 133 cm³/mol. The van der Waals surface area contributed by atoms with Crippen molar-refractivity contribution in [3.63, 3.8) is 0 Å². The smallest absolute Gasteiger partial charge is 0.291 e. The Kier molecular flexibility index (Phi) is 7.14. The summed E-state index contributed by atoms with van der Waals surface area (Å²) >= 11 is 0. The maximum atomic E-state index is 12.7. The van der Waals surface area contributed by atoms with Gasteiger partial charge >= 0.3 is 0 Å². The van der Waals surface area contributed by atoms with Crippen LogP contribution in [0.25, 0.3) is 0 Å². The van der Waals surface area contributed by atoms with Crippen molar-refractivity contribution >= 4 is 23.0 Å². The number of non-ortho nitro benzene ring substituents is 1. The monoisotopic (exact) mass is 503 g/mol. The van der Waals surface area contributed by atoms with Gasteiger partial charge in [-0.05, 0) is 55.8 Å². The predicted octanol–water partition coefficient (Wildman–Crippen LogP) is 6.34. The number of rotatable bonds is 9. The van der Waals surface area contributed by atoms with Crippen LogP contribution in [0, 0.1) is 34.1 Å². The van der Waals surface area contributed by atoms with E-state index in [9.17, 15) is 25.0 Å². The lowest BCUT2D eigenvalue weighted by atomic mass is 10.2. The molecule has 0 aliphatic rings. The summed E-state index contributed by atoms with van der Waals surface area (Å²) in [5.74, 6) is 0.760. The quantitative estimate of drug-likeness (QED) is 0.206. The summed E-state index contributed by atoms with van der Waals surface area (Å²) in [4.78, 5) is 34.0. The molecule has 3 aromatic carbocycles. The van der Waals surface area contributed by atoms with Crippen LogP contribution < -0.4 is 14.8 Å². The van der Waals surface area contributed by atoms with Crippen molar-refractivity contribution in [2.24, 2.45) is 0 Å². The topological polar surface area (TPSA) is 147 Å². The number of amides is 1. The summed E-state index contributed by atoms with van der Waals surface area (Å²) in [5, 5.41) is 24.9. The van der Waals surface area contributed by atoms with E-state index in [1.54, 1.807) is 31.2 Å². The van der Waals surface area contributed by atoms with Crippen molar-refractivity contribution in [1.82, 2.24) is 0 Å². The van der Waals surface area contributed by atoms with Crippen LogP contribution in [0.3, 0.4) is 0 Å². The summed E-state index contributed by atoms with van der Waals surface area (Å²) in [6, 6.07) is 18.5.